The number of phenols is 2. The second kappa shape index (κ2) is 4.97. The lowest BCUT2D eigenvalue weighted by atomic mass is 10.1. The van der Waals surface area contributed by atoms with Crippen molar-refractivity contribution in [1.82, 2.24) is 0 Å². The minimum atomic E-state index is -0.525. The van der Waals surface area contributed by atoms with Crippen LogP contribution in [0.1, 0.15) is 18.6 Å². The van der Waals surface area contributed by atoms with Gasteiger partial charge in [-0.3, -0.25) is 5.41 Å². The first kappa shape index (κ1) is 13.2. The van der Waals surface area contributed by atoms with Crippen LogP contribution >= 0.6 is 0 Å². The molecule has 2 heterocycles. The van der Waals surface area contributed by atoms with Gasteiger partial charge in [-0.1, -0.05) is 0 Å². The van der Waals surface area contributed by atoms with Gasteiger partial charge < -0.3 is 19.0 Å². The number of furan rings is 1. The molecule has 0 spiro atoms. The van der Waals surface area contributed by atoms with Crippen molar-refractivity contribution in [3.8, 4) is 11.5 Å². The van der Waals surface area contributed by atoms with Crippen molar-refractivity contribution in [3.05, 3.63) is 34.4 Å². The molecule has 0 aliphatic rings. The summed E-state index contributed by atoms with van der Waals surface area (Å²) < 4.78 is 10.8. The van der Waals surface area contributed by atoms with Crippen LogP contribution in [0.3, 0.4) is 0 Å². The Kier molecular flexibility index (Phi) is 3.13. The van der Waals surface area contributed by atoms with Crippen LogP contribution < -0.4 is 11.0 Å². The summed E-state index contributed by atoms with van der Waals surface area (Å²) in [6.45, 7) is 0. The molecule has 0 saturated carbocycles. The van der Waals surface area contributed by atoms with E-state index in [4.69, 9.17) is 14.2 Å². The highest BCUT2D eigenvalue weighted by Crippen LogP contribution is 2.35. The number of benzene rings is 1. The molecule has 0 bridgehead atoms. The summed E-state index contributed by atoms with van der Waals surface area (Å²) in [5.41, 5.74) is 0.168. The van der Waals surface area contributed by atoms with E-state index in [0.717, 1.165) is 12.8 Å². The predicted molar refractivity (Wildman–Crippen MR) is 76.5 cm³/mol. The first-order valence-corrected chi connectivity index (χ1v) is 6.55. The molecule has 0 radical (unpaired) electrons. The molecule has 3 aromatic rings. The Bertz CT molecular complexity index is 890. The molecule has 6 nitrogen and oxygen atoms in total. The lowest BCUT2D eigenvalue weighted by molar-refractivity contribution is -0.107. The Hall–Kier alpha value is -2.76. The van der Waals surface area contributed by atoms with Crippen LogP contribution in [0.4, 0.5) is 0 Å². The monoisotopic (exact) mass is 288 g/mol. The highest BCUT2D eigenvalue weighted by atomic mass is 16.4. The van der Waals surface area contributed by atoms with Gasteiger partial charge >= 0.3 is 5.63 Å². The van der Waals surface area contributed by atoms with Gasteiger partial charge in [0.15, 0.2) is 11.5 Å². The number of nitrogens with two attached hydrogens (primary N) is 1. The Labute approximate surface area is 118 Å². The molecule has 0 saturated heterocycles. The summed E-state index contributed by atoms with van der Waals surface area (Å²) in [7, 11) is 0. The van der Waals surface area contributed by atoms with Crippen molar-refractivity contribution in [2.45, 2.75) is 19.3 Å². The van der Waals surface area contributed by atoms with Crippen LogP contribution in [0, 0.1) is 0 Å². The summed E-state index contributed by atoms with van der Waals surface area (Å²) >= 11 is 0. The van der Waals surface area contributed by atoms with Gasteiger partial charge in [-0.25, -0.2) is 4.79 Å². The van der Waals surface area contributed by atoms with Gasteiger partial charge in [-0.2, -0.15) is 0 Å². The molecule has 4 N–H and O–H groups in total. The number of aromatic hydroxyl groups is 2. The fourth-order valence-electron chi connectivity index (χ4n) is 2.31. The molecule has 1 aromatic carbocycles. The van der Waals surface area contributed by atoms with Crippen molar-refractivity contribution in [2.24, 2.45) is 0 Å². The quantitative estimate of drug-likeness (QED) is 0.378. The van der Waals surface area contributed by atoms with Gasteiger partial charge in [0, 0.05) is 30.4 Å². The average Bonchev–Trinajstić information content (AvgIpc) is 2.77. The van der Waals surface area contributed by atoms with Crippen molar-refractivity contribution < 1.29 is 24.5 Å². The number of unbranched alkanes of at least 4 members (excludes halogenated alkanes) is 1. The van der Waals surface area contributed by atoms with Crippen LogP contribution in [-0.4, -0.2) is 16.4 Å². The second-order valence-corrected chi connectivity index (χ2v) is 4.81. The fourth-order valence-corrected chi connectivity index (χ4v) is 2.31. The lowest BCUT2D eigenvalue weighted by Gasteiger charge is -1.97. The van der Waals surface area contributed by atoms with Gasteiger partial charge in [0.2, 0.25) is 0 Å². The van der Waals surface area contributed by atoms with Crippen molar-refractivity contribution in [1.29, 1.82) is 0 Å². The molecular formula is C15H14NO5+. The number of hydrogen-bond acceptors (Lipinski definition) is 5. The van der Waals surface area contributed by atoms with Crippen LogP contribution in [0.2, 0.25) is 0 Å². The minimum absolute atomic E-state index is 0.259. The Morgan fingerprint density at radius 2 is 1.86 bits per heavy atom. The second-order valence-electron chi connectivity index (χ2n) is 4.81. The van der Waals surface area contributed by atoms with Crippen LogP contribution in [-0.2, 0) is 6.42 Å². The summed E-state index contributed by atoms with van der Waals surface area (Å²) in [6, 6.07) is 4.21. The van der Waals surface area contributed by atoms with E-state index in [0.29, 0.717) is 28.7 Å². The summed E-state index contributed by atoms with van der Waals surface area (Å²) in [5.74, 6) is -0.0985. The van der Waals surface area contributed by atoms with Gasteiger partial charge in [0.25, 0.3) is 0 Å². The SMILES string of the molecule is [NH2+]=CCCCc1cc2oc3cc(O)c(O)cc3c2c(=O)o1. The van der Waals surface area contributed by atoms with Gasteiger partial charge in [-0.15, -0.1) is 0 Å². The maximum absolute atomic E-state index is 12.1. The Morgan fingerprint density at radius 1 is 1.10 bits per heavy atom. The molecule has 0 fully saturated rings. The third kappa shape index (κ3) is 2.24. The van der Waals surface area contributed by atoms with Gasteiger partial charge in [-0.05, 0) is 12.5 Å². The molecule has 6 heteroatoms. The smallest absolute Gasteiger partial charge is 0.347 e. The number of rotatable bonds is 4. The van der Waals surface area contributed by atoms with Crippen molar-refractivity contribution >= 4 is 28.2 Å². The molecule has 2 aromatic heterocycles. The van der Waals surface area contributed by atoms with Gasteiger partial charge in [0.05, 0.1) is 0 Å². The van der Waals surface area contributed by atoms with E-state index < -0.39 is 5.63 Å². The number of phenolic OH excluding ortho intramolecular Hbond substituents is 2. The molecule has 108 valence electrons. The standard InChI is InChI=1S/C15H13NO5/c16-4-2-1-3-8-5-13-14(15(19)20-8)9-6-10(17)11(18)7-12(9)21-13/h4-7,16-18H,1-3H2/p+1. The summed E-state index contributed by atoms with van der Waals surface area (Å²) in [5, 5.41) is 25.0. The molecule has 0 aliphatic heterocycles. The molecule has 0 amide bonds. The molecule has 3 rings (SSSR count). The number of aryl methyl sites for hydroxylation is 1. The summed E-state index contributed by atoms with van der Waals surface area (Å²) in [4.78, 5) is 12.1. The zero-order valence-corrected chi connectivity index (χ0v) is 11.1. The molecule has 0 aliphatic carbocycles. The molecule has 0 atom stereocenters. The Morgan fingerprint density at radius 3 is 2.62 bits per heavy atom. The summed E-state index contributed by atoms with van der Waals surface area (Å²) in [6.07, 6.45) is 3.63. The van der Waals surface area contributed by atoms with E-state index in [1.54, 1.807) is 12.3 Å². The highest BCUT2D eigenvalue weighted by molar-refractivity contribution is 6.05. The first-order valence-electron chi connectivity index (χ1n) is 6.55. The van der Waals surface area contributed by atoms with E-state index in [-0.39, 0.29) is 16.9 Å². The molecule has 21 heavy (non-hydrogen) atoms. The van der Waals surface area contributed by atoms with E-state index >= 15 is 0 Å². The van der Waals surface area contributed by atoms with Gasteiger partial charge in [0.1, 0.15) is 28.5 Å². The maximum atomic E-state index is 12.1. The number of hydrogen-bond donors (Lipinski definition) is 3. The highest BCUT2D eigenvalue weighted by Gasteiger charge is 2.16. The zero-order chi connectivity index (χ0) is 15.0. The molecular weight excluding hydrogens is 274 g/mol. The van der Waals surface area contributed by atoms with E-state index in [2.05, 4.69) is 0 Å². The average molecular weight is 288 g/mol. The third-order valence-electron chi connectivity index (χ3n) is 3.33. The lowest BCUT2D eigenvalue weighted by Crippen LogP contribution is -2.29. The van der Waals surface area contributed by atoms with E-state index in [1.165, 1.54) is 12.1 Å². The topological polar surface area (TPSA) is 109 Å². The third-order valence-corrected chi connectivity index (χ3v) is 3.33. The van der Waals surface area contributed by atoms with Crippen molar-refractivity contribution in [2.75, 3.05) is 0 Å². The van der Waals surface area contributed by atoms with Crippen molar-refractivity contribution in [3.63, 3.8) is 0 Å². The zero-order valence-electron chi connectivity index (χ0n) is 11.1. The predicted octanol–water partition coefficient (Wildman–Crippen LogP) is 1.10. The first-order chi connectivity index (χ1) is 10.1. The maximum Gasteiger partial charge on any atom is 0.347 e. The normalized spacial score (nSPS) is 11.2. The van der Waals surface area contributed by atoms with E-state index in [1.807, 2.05) is 0 Å². The largest absolute Gasteiger partial charge is 0.504 e. The van der Waals surface area contributed by atoms with Crippen LogP contribution in [0.25, 0.3) is 21.9 Å². The van der Waals surface area contributed by atoms with Crippen LogP contribution in [0.15, 0.2) is 31.8 Å². The molecule has 0 unspecified atom stereocenters. The van der Waals surface area contributed by atoms with E-state index in [9.17, 15) is 15.0 Å². The van der Waals surface area contributed by atoms with Crippen LogP contribution in [0.5, 0.6) is 11.5 Å². The Balaban J connectivity index is 2.17. The number of fused-ring (bicyclic) bond motifs is 3. The fraction of sp³-hybridized carbons (Fsp3) is 0.200. The minimum Gasteiger partial charge on any atom is -0.504 e.